The number of aromatic nitrogens is 2. The van der Waals surface area contributed by atoms with E-state index in [1.165, 1.54) is 5.56 Å². The van der Waals surface area contributed by atoms with Crippen LogP contribution in [0.1, 0.15) is 47.2 Å². The Balaban J connectivity index is 2.20. The number of anilines is 2. The highest BCUT2D eigenvalue weighted by Crippen LogP contribution is 2.22. The van der Waals surface area contributed by atoms with Crippen molar-refractivity contribution in [1.82, 2.24) is 15.3 Å². The van der Waals surface area contributed by atoms with E-state index in [4.69, 9.17) is 0 Å². The fraction of sp³-hybridized carbons (Fsp3) is 0.389. The molecule has 0 bridgehead atoms. The van der Waals surface area contributed by atoms with E-state index in [1.807, 2.05) is 12.1 Å². The molecule has 0 aliphatic heterocycles. The van der Waals surface area contributed by atoms with Crippen LogP contribution < -0.4 is 10.6 Å². The van der Waals surface area contributed by atoms with Crippen LogP contribution in [0.5, 0.6) is 0 Å². The van der Waals surface area contributed by atoms with E-state index in [0.29, 0.717) is 23.9 Å². The van der Waals surface area contributed by atoms with Crippen molar-refractivity contribution in [3.8, 4) is 0 Å². The summed E-state index contributed by atoms with van der Waals surface area (Å²) in [6, 6.07) is 7.76. The summed E-state index contributed by atoms with van der Waals surface area (Å²) in [6.45, 7) is 8.67. The van der Waals surface area contributed by atoms with Gasteiger partial charge < -0.3 is 10.6 Å². The number of nitrogens with zero attached hydrogens (tertiary/aromatic N) is 2. The van der Waals surface area contributed by atoms with E-state index >= 15 is 0 Å². The minimum Gasteiger partial charge on any atom is -0.351 e. The number of hydrogen-bond acceptors (Lipinski definition) is 4. The fourth-order valence-corrected chi connectivity index (χ4v) is 2.24. The molecule has 0 saturated heterocycles. The minimum atomic E-state index is -0.159. The number of nitrogens with one attached hydrogen (secondary N) is 2. The van der Waals surface area contributed by atoms with Crippen molar-refractivity contribution in [2.24, 2.45) is 0 Å². The second kappa shape index (κ2) is 7.72. The van der Waals surface area contributed by atoms with Gasteiger partial charge >= 0.3 is 0 Å². The summed E-state index contributed by atoms with van der Waals surface area (Å²) in [7, 11) is 0. The van der Waals surface area contributed by atoms with Crippen LogP contribution in [0.15, 0.2) is 24.3 Å². The number of carbonyl (C=O) groups excluding carboxylic acids is 1. The van der Waals surface area contributed by atoms with Crippen LogP contribution in [0.4, 0.5) is 11.5 Å². The highest BCUT2D eigenvalue weighted by Gasteiger charge is 2.11. The Morgan fingerprint density at radius 3 is 2.70 bits per heavy atom. The standard InChI is InChI=1S/C18H24N4O/c1-5-6-10-19-18(23)16-11-17(21-14(4)20-16)22-15-9-7-8-12(2)13(15)3/h7-9,11H,5-6,10H2,1-4H3,(H,19,23)(H,20,21,22). The maximum absolute atomic E-state index is 12.2. The Hall–Kier alpha value is -2.43. The first-order valence-corrected chi connectivity index (χ1v) is 7.98. The molecule has 1 heterocycles. The number of aryl methyl sites for hydroxylation is 2. The number of benzene rings is 1. The number of rotatable bonds is 6. The third-order valence-corrected chi connectivity index (χ3v) is 3.75. The van der Waals surface area contributed by atoms with E-state index < -0.39 is 0 Å². The normalized spacial score (nSPS) is 10.4. The molecule has 1 aromatic heterocycles. The third kappa shape index (κ3) is 4.52. The quantitative estimate of drug-likeness (QED) is 0.799. The van der Waals surface area contributed by atoms with Crippen molar-refractivity contribution in [1.29, 1.82) is 0 Å². The SMILES string of the molecule is CCCCNC(=O)c1cc(Nc2cccc(C)c2C)nc(C)n1. The molecule has 0 aliphatic rings. The van der Waals surface area contributed by atoms with E-state index in [0.717, 1.165) is 24.1 Å². The summed E-state index contributed by atoms with van der Waals surface area (Å²) in [4.78, 5) is 20.8. The molecule has 1 amide bonds. The van der Waals surface area contributed by atoms with Gasteiger partial charge in [0, 0.05) is 18.3 Å². The first kappa shape index (κ1) is 16.9. The van der Waals surface area contributed by atoms with Gasteiger partial charge in [0.2, 0.25) is 0 Å². The van der Waals surface area contributed by atoms with Crippen LogP contribution >= 0.6 is 0 Å². The number of hydrogen-bond donors (Lipinski definition) is 2. The van der Waals surface area contributed by atoms with Gasteiger partial charge in [0.15, 0.2) is 0 Å². The summed E-state index contributed by atoms with van der Waals surface area (Å²) >= 11 is 0. The molecular formula is C18H24N4O. The molecular weight excluding hydrogens is 288 g/mol. The van der Waals surface area contributed by atoms with Gasteiger partial charge in [-0.15, -0.1) is 0 Å². The molecule has 0 fully saturated rings. The lowest BCUT2D eigenvalue weighted by molar-refractivity contribution is 0.0948. The molecule has 2 N–H and O–H groups in total. The van der Waals surface area contributed by atoms with Crippen molar-refractivity contribution in [3.63, 3.8) is 0 Å². The first-order valence-electron chi connectivity index (χ1n) is 7.98. The minimum absolute atomic E-state index is 0.159. The summed E-state index contributed by atoms with van der Waals surface area (Å²) in [5.41, 5.74) is 3.75. The Kier molecular flexibility index (Phi) is 5.68. The molecule has 0 radical (unpaired) electrons. The van der Waals surface area contributed by atoms with Gasteiger partial charge in [0.05, 0.1) is 0 Å². The molecule has 0 atom stereocenters. The van der Waals surface area contributed by atoms with E-state index in [2.05, 4.69) is 47.4 Å². The highest BCUT2D eigenvalue weighted by atomic mass is 16.1. The van der Waals surface area contributed by atoms with Crippen molar-refractivity contribution in [2.75, 3.05) is 11.9 Å². The molecule has 1 aromatic carbocycles. The summed E-state index contributed by atoms with van der Waals surface area (Å²) in [5, 5.41) is 6.17. The van der Waals surface area contributed by atoms with E-state index in [9.17, 15) is 4.79 Å². The molecule has 5 heteroatoms. The second-order valence-electron chi connectivity index (χ2n) is 5.67. The largest absolute Gasteiger partial charge is 0.351 e. The molecule has 0 saturated carbocycles. The molecule has 23 heavy (non-hydrogen) atoms. The molecule has 5 nitrogen and oxygen atoms in total. The van der Waals surface area contributed by atoms with E-state index in [1.54, 1.807) is 13.0 Å². The average molecular weight is 312 g/mol. The topological polar surface area (TPSA) is 66.9 Å². The van der Waals surface area contributed by atoms with Gasteiger partial charge in [-0.1, -0.05) is 25.5 Å². The monoisotopic (exact) mass is 312 g/mol. The van der Waals surface area contributed by atoms with Crippen LogP contribution in [0.3, 0.4) is 0 Å². The van der Waals surface area contributed by atoms with Gasteiger partial charge in [0.25, 0.3) is 5.91 Å². The first-order chi connectivity index (χ1) is 11.0. The van der Waals surface area contributed by atoms with Crippen LogP contribution in [0.2, 0.25) is 0 Å². The van der Waals surface area contributed by atoms with Crippen molar-refractivity contribution in [3.05, 3.63) is 46.9 Å². The van der Waals surface area contributed by atoms with Crippen LogP contribution in [-0.2, 0) is 0 Å². The lowest BCUT2D eigenvalue weighted by atomic mass is 10.1. The van der Waals surface area contributed by atoms with Gasteiger partial charge in [-0.2, -0.15) is 0 Å². The zero-order chi connectivity index (χ0) is 16.8. The van der Waals surface area contributed by atoms with Gasteiger partial charge in [-0.05, 0) is 44.4 Å². The van der Waals surface area contributed by atoms with Gasteiger partial charge in [0.1, 0.15) is 17.3 Å². The Bertz CT molecular complexity index is 697. The summed E-state index contributed by atoms with van der Waals surface area (Å²) in [5.74, 6) is 1.04. The lowest BCUT2D eigenvalue weighted by Crippen LogP contribution is -2.25. The van der Waals surface area contributed by atoms with Gasteiger partial charge in [-0.25, -0.2) is 9.97 Å². The van der Waals surface area contributed by atoms with Crippen LogP contribution in [0.25, 0.3) is 0 Å². The predicted octanol–water partition coefficient (Wildman–Crippen LogP) is 3.68. The van der Waals surface area contributed by atoms with Crippen molar-refractivity contribution >= 4 is 17.4 Å². The molecule has 0 aliphatic carbocycles. The zero-order valence-corrected chi connectivity index (χ0v) is 14.2. The smallest absolute Gasteiger partial charge is 0.270 e. The number of amides is 1. The summed E-state index contributed by atoms with van der Waals surface area (Å²) in [6.07, 6.45) is 2.01. The van der Waals surface area contributed by atoms with Crippen molar-refractivity contribution < 1.29 is 4.79 Å². The Morgan fingerprint density at radius 1 is 1.17 bits per heavy atom. The number of unbranched alkanes of at least 4 members (excludes halogenated alkanes) is 1. The molecule has 2 aromatic rings. The maximum Gasteiger partial charge on any atom is 0.270 e. The maximum atomic E-state index is 12.2. The Morgan fingerprint density at radius 2 is 1.96 bits per heavy atom. The molecule has 0 spiro atoms. The predicted molar refractivity (Wildman–Crippen MR) is 93.2 cm³/mol. The van der Waals surface area contributed by atoms with E-state index in [-0.39, 0.29) is 5.91 Å². The fourth-order valence-electron chi connectivity index (χ4n) is 2.24. The second-order valence-corrected chi connectivity index (χ2v) is 5.67. The average Bonchev–Trinajstić information content (AvgIpc) is 2.51. The molecule has 0 unspecified atom stereocenters. The molecule has 2 rings (SSSR count). The number of carbonyl (C=O) groups is 1. The zero-order valence-electron chi connectivity index (χ0n) is 14.2. The molecule has 122 valence electrons. The lowest BCUT2D eigenvalue weighted by Gasteiger charge is -2.12. The third-order valence-electron chi connectivity index (χ3n) is 3.75. The van der Waals surface area contributed by atoms with Crippen LogP contribution in [-0.4, -0.2) is 22.4 Å². The Labute approximate surface area is 137 Å². The highest BCUT2D eigenvalue weighted by molar-refractivity contribution is 5.93. The van der Waals surface area contributed by atoms with Gasteiger partial charge in [-0.3, -0.25) is 4.79 Å². The van der Waals surface area contributed by atoms with Crippen LogP contribution in [0, 0.1) is 20.8 Å². The van der Waals surface area contributed by atoms with Crippen molar-refractivity contribution in [2.45, 2.75) is 40.5 Å². The summed E-state index contributed by atoms with van der Waals surface area (Å²) < 4.78 is 0.